The molecule has 5 heteroatoms. The Morgan fingerprint density at radius 2 is 2.00 bits per heavy atom. The van der Waals surface area contributed by atoms with Crippen LogP contribution in [0.15, 0.2) is 36.4 Å². The Labute approximate surface area is 105 Å². The Kier molecular flexibility index (Phi) is 2.44. The van der Waals surface area contributed by atoms with Crippen LogP contribution in [0.4, 0.5) is 17.3 Å². The van der Waals surface area contributed by atoms with Crippen LogP contribution >= 0.6 is 0 Å². The average molecular weight is 242 g/mol. The molecule has 1 aromatic carbocycles. The summed E-state index contributed by atoms with van der Waals surface area (Å²) >= 11 is 0. The normalized spacial score (nSPS) is 17.0. The Balaban J connectivity index is 1.84. The van der Waals surface area contributed by atoms with Crippen LogP contribution in [0.1, 0.15) is 11.6 Å². The molecule has 0 spiro atoms. The van der Waals surface area contributed by atoms with E-state index in [9.17, 15) is 0 Å². The van der Waals surface area contributed by atoms with E-state index in [-0.39, 0.29) is 6.04 Å². The number of nitrogen functional groups attached to an aromatic ring is 2. The summed E-state index contributed by atoms with van der Waals surface area (Å²) in [5, 5.41) is 3.29. The third kappa shape index (κ3) is 1.79. The predicted octanol–water partition coefficient (Wildman–Crippen LogP) is 1.79. The van der Waals surface area contributed by atoms with E-state index in [1.54, 1.807) is 6.07 Å². The van der Waals surface area contributed by atoms with E-state index in [4.69, 9.17) is 16.2 Å². The zero-order valence-electron chi connectivity index (χ0n) is 9.76. The van der Waals surface area contributed by atoms with Crippen LogP contribution < -0.4 is 21.5 Å². The first kappa shape index (κ1) is 10.7. The molecule has 3 rings (SSSR count). The summed E-state index contributed by atoms with van der Waals surface area (Å²) in [6.07, 6.45) is 0. The highest BCUT2D eigenvalue weighted by Crippen LogP contribution is 2.33. The maximum absolute atomic E-state index is 5.68. The van der Waals surface area contributed by atoms with Gasteiger partial charge in [-0.05, 0) is 18.2 Å². The molecule has 1 aromatic heterocycles. The summed E-state index contributed by atoms with van der Waals surface area (Å²) in [5.41, 5.74) is 12.9. The number of aromatic nitrogens is 1. The van der Waals surface area contributed by atoms with E-state index < -0.39 is 0 Å². The van der Waals surface area contributed by atoms with Crippen molar-refractivity contribution in [3.63, 3.8) is 0 Å². The minimum atomic E-state index is 0.0942. The molecule has 1 atom stereocenters. The summed E-state index contributed by atoms with van der Waals surface area (Å²) < 4.78 is 5.59. The molecule has 5 N–H and O–H groups in total. The van der Waals surface area contributed by atoms with Gasteiger partial charge in [-0.25, -0.2) is 4.98 Å². The van der Waals surface area contributed by atoms with Crippen LogP contribution in [0.3, 0.4) is 0 Å². The molecule has 0 bridgehead atoms. The first-order valence-electron chi connectivity index (χ1n) is 5.74. The number of benzene rings is 1. The van der Waals surface area contributed by atoms with Gasteiger partial charge in [0, 0.05) is 5.56 Å². The van der Waals surface area contributed by atoms with Gasteiger partial charge in [0.25, 0.3) is 0 Å². The summed E-state index contributed by atoms with van der Waals surface area (Å²) in [4.78, 5) is 4.20. The smallest absolute Gasteiger partial charge is 0.149 e. The first-order valence-corrected chi connectivity index (χ1v) is 5.74. The quantitative estimate of drug-likeness (QED) is 0.747. The zero-order valence-corrected chi connectivity index (χ0v) is 9.76. The standard InChI is InChI=1S/C13H14N4O/c14-9-5-6-12(17-13(9)15)16-10-7-18-11-4-2-1-3-8(10)11/h1-6,10H,7,14H2,(H3,15,16,17). The molecule has 2 aromatic rings. The number of ether oxygens (including phenoxy) is 1. The molecular formula is C13H14N4O. The third-order valence-electron chi connectivity index (χ3n) is 2.98. The van der Waals surface area contributed by atoms with Crippen LogP contribution in [0, 0.1) is 0 Å². The van der Waals surface area contributed by atoms with Crippen LogP contribution in [0.25, 0.3) is 0 Å². The molecule has 92 valence electrons. The summed E-state index contributed by atoms with van der Waals surface area (Å²) in [5.74, 6) is 1.96. The minimum Gasteiger partial charge on any atom is -0.491 e. The van der Waals surface area contributed by atoms with Crippen molar-refractivity contribution < 1.29 is 4.74 Å². The van der Waals surface area contributed by atoms with Crippen LogP contribution in [0.5, 0.6) is 5.75 Å². The van der Waals surface area contributed by atoms with Gasteiger partial charge in [-0.2, -0.15) is 0 Å². The van der Waals surface area contributed by atoms with E-state index in [0.717, 1.165) is 11.3 Å². The SMILES string of the molecule is Nc1ccc(NC2COc3ccccc32)nc1N. The fourth-order valence-corrected chi connectivity index (χ4v) is 2.03. The van der Waals surface area contributed by atoms with E-state index in [2.05, 4.69) is 10.3 Å². The lowest BCUT2D eigenvalue weighted by atomic mass is 10.1. The fraction of sp³-hybridized carbons (Fsp3) is 0.154. The Hall–Kier alpha value is -2.43. The third-order valence-corrected chi connectivity index (χ3v) is 2.98. The van der Waals surface area contributed by atoms with E-state index in [1.165, 1.54) is 0 Å². The average Bonchev–Trinajstić information content (AvgIpc) is 2.78. The summed E-state index contributed by atoms with van der Waals surface area (Å²) in [6.45, 7) is 0.589. The number of para-hydroxylation sites is 1. The summed E-state index contributed by atoms with van der Waals surface area (Å²) in [7, 11) is 0. The van der Waals surface area contributed by atoms with Crippen molar-refractivity contribution in [3.8, 4) is 5.75 Å². The van der Waals surface area contributed by atoms with Crippen molar-refractivity contribution in [1.29, 1.82) is 0 Å². The van der Waals surface area contributed by atoms with Gasteiger partial charge in [0.15, 0.2) is 0 Å². The topological polar surface area (TPSA) is 86.2 Å². The molecule has 1 aliphatic heterocycles. The molecule has 0 fully saturated rings. The highest BCUT2D eigenvalue weighted by atomic mass is 16.5. The number of hydrogen-bond acceptors (Lipinski definition) is 5. The first-order chi connectivity index (χ1) is 8.74. The second kappa shape index (κ2) is 4.10. The van der Waals surface area contributed by atoms with E-state index in [0.29, 0.717) is 23.9 Å². The van der Waals surface area contributed by atoms with Crippen molar-refractivity contribution >= 4 is 17.3 Å². The molecule has 5 nitrogen and oxygen atoms in total. The molecule has 0 saturated heterocycles. The number of anilines is 3. The monoisotopic (exact) mass is 242 g/mol. The van der Waals surface area contributed by atoms with Crippen LogP contribution in [0.2, 0.25) is 0 Å². The maximum atomic E-state index is 5.68. The van der Waals surface area contributed by atoms with Crippen molar-refractivity contribution in [3.05, 3.63) is 42.0 Å². The van der Waals surface area contributed by atoms with Crippen molar-refractivity contribution in [1.82, 2.24) is 4.98 Å². The molecule has 1 unspecified atom stereocenters. The number of fused-ring (bicyclic) bond motifs is 1. The Bertz CT molecular complexity index is 585. The number of pyridine rings is 1. The number of hydrogen-bond donors (Lipinski definition) is 3. The maximum Gasteiger partial charge on any atom is 0.149 e. The zero-order chi connectivity index (χ0) is 12.5. The van der Waals surface area contributed by atoms with Gasteiger partial charge >= 0.3 is 0 Å². The lowest BCUT2D eigenvalue weighted by molar-refractivity contribution is 0.339. The van der Waals surface area contributed by atoms with E-state index >= 15 is 0 Å². The molecule has 0 radical (unpaired) electrons. The van der Waals surface area contributed by atoms with Crippen molar-refractivity contribution in [2.75, 3.05) is 23.4 Å². The highest BCUT2D eigenvalue weighted by molar-refractivity contribution is 5.62. The van der Waals surface area contributed by atoms with Crippen molar-refractivity contribution in [2.45, 2.75) is 6.04 Å². The molecule has 0 saturated carbocycles. The van der Waals surface area contributed by atoms with E-state index in [1.807, 2.05) is 30.3 Å². The van der Waals surface area contributed by atoms with Gasteiger partial charge in [-0.1, -0.05) is 18.2 Å². The molecule has 1 aliphatic rings. The number of rotatable bonds is 2. The molecular weight excluding hydrogens is 228 g/mol. The van der Waals surface area contributed by atoms with Gasteiger partial charge in [0.05, 0.1) is 11.7 Å². The number of nitrogens with one attached hydrogen (secondary N) is 1. The van der Waals surface area contributed by atoms with Crippen LogP contribution in [-0.4, -0.2) is 11.6 Å². The second-order valence-electron chi connectivity index (χ2n) is 4.22. The fourth-order valence-electron chi connectivity index (χ4n) is 2.03. The largest absolute Gasteiger partial charge is 0.491 e. The predicted molar refractivity (Wildman–Crippen MR) is 71.4 cm³/mol. The van der Waals surface area contributed by atoms with Crippen molar-refractivity contribution in [2.24, 2.45) is 0 Å². The van der Waals surface area contributed by atoms with Crippen LogP contribution in [-0.2, 0) is 0 Å². The van der Waals surface area contributed by atoms with Gasteiger partial charge in [0.1, 0.15) is 24.0 Å². The number of nitrogens with zero attached hydrogens (tertiary/aromatic N) is 1. The summed E-state index contributed by atoms with van der Waals surface area (Å²) in [6, 6.07) is 11.6. The lowest BCUT2D eigenvalue weighted by Gasteiger charge is -2.13. The Morgan fingerprint density at radius 3 is 2.83 bits per heavy atom. The molecule has 0 aliphatic carbocycles. The molecule has 18 heavy (non-hydrogen) atoms. The highest BCUT2D eigenvalue weighted by Gasteiger charge is 2.23. The second-order valence-corrected chi connectivity index (χ2v) is 4.22. The van der Waals surface area contributed by atoms with Gasteiger partial charge < -0.3 is 21.5 Å². The van der Waals surface area contributed by atoms with Gasteiger partial charge in [-0.15, -0.1) is 0 Å². The molecule has 0 amide bonds. The van der Waals surface area contributed by atoms with Gasteiger partial charge in [0.2, 0.25) is 0 Å². The molecule has 2 heterocycles. The lowest BCUT2D eigenvalue weighted by Crippen LogP contribution is -2.13. The minimum absolute atomic E-state index is 0.0942. The number of nitrogens with two attached hydrogens (primary N) is 2. The Morgan fingerprint density at radius 1 is 1.17 bits per heavy atom. The van der Waals surface area contributed by atoms with Gasteiger partial charge in [-0.3, -0.25) is 0 Å².